The number of hydrogen-bond acceptors (Lipinski definition) is 2. The SMILES string of the molecule is Cc1cc[n+](/C(C(=Nc2ccc(Cl)cc2)C(F)(F)F)=C(/[O-])c2ccc(Br)cc2)cc1. The van der Waals surface area contributed by atoms with Crippen LogP contribution in [0.25, 0.3) is 11.5 Å². The zero-order chi connectivity index (χ0) is 21.9. The molecule has 0 aliphatic carbocycles. The van der Waals surface area contributed by atoms with Crippen LogP contribution in [-0.4, -0.2) is 11.9 Å². The van der Waals surface area contributed by atoms with Crippen LogP contribution >= 0.6 is 27.5 Å². The van der Waals surface area contributed by atoms with Crippen LogP contribution in [0.4, 0.5) is 18.9 Å². The zero-order valence-corrected chi connectivity index (χ0v) is 18.0. The summed E-state index contributed by atoms with van der Waals surface area (Å²) in [6.07, 6.45) is -2.06. The molecule has 3 nitrogen and oxygen atoms in total. The first-order chi connectivity index (χ1) is 14.1. The van der Waals surface area contributed by atoms with Crippen molar-refractivity contribution in [3.63, 3.8) is 0 Å². The number of pyridine rings is 1. The second-order valence-corrected chi connectivity index (χ2v) is 7.75. The summed E-state index contributed by atoms with van der Waals surface area (Å²) in [5.41, 5.74) is -0.925. The number of aryl methyl sites for hydroxylation is 1. The van der Waals surface area contributed by atoms with E-state index in [9.17, 15) is 18.3 Å². The molecule has 0 radical (unpaired) electrons. The lowest BCUT2D eigenvalue weighted by atomic mass is 10.1. The third kappa shape index (κ3) is 5.29. The van der Waals surface area contributed by atoms with Gasteiger partial charge in [-0.2, -0.15) is 17.7 Å². The molecule has 0 atom stereocenters. The van der Waals surface area contributed by atoms with Gasteiger partial charge in [-0.3, -0.25) is 0 Å². The van der Waals surface area contributed by atoms with Gasteiger partial charge >= 0.3 is 6.18 Å². The highest BCUT2D eigenvalue weighted by molar-refractivity contribution is 9.10. The second kappa shape index (κ2) is 9.02. The molecule has 2 aromatic carbocycles. The molecule has 0 saturated heterocycles. The largest absolute Gasteiger partial charge is 0.868 e. The average Bonchev–Trinajstić information content (AvgIpc) is 2.70. The normalized spacial score (nSPS) is 13.2. The Labute approximate surface area is 184 Å². The number of benzene rings is 2. The molecule has 8 heteroatoms. The van der Waals surface area contributed by atoms with E-state index in [1.165, 1.54) is 48.8 Å². The van der Waals surface area contributed by atoms with Crippen LogP contribution in [0, 0.1) is 6.92 Å². The lowest BCUT2D eigenvalue weighted by Gasteiger charge is -2.18. The van der Waals surface area contributed by atoms with Gasteiger partial charge in [0.2, 0.25) is 11.4 Å². The van der Waals surface area contributed by atoms with Crippen molar-refractivity contribution in [3.8, 4) is 0 Å². The summed E-state index contributed by atoms with van der Waals surface area (Å²) in [5.74, 6) is -0.804. The number of nitrogens with zero attached hydrogens (tertiary/aromatic N) is 2. The predicted octanol–water partition coefficient (Wildman–Crippen LogP) is 5.72. The number of alkyl halides is 3. The number of aromatic nitrogens is 1. The molecule has 0 N–H and O–H groups in total. The van der Waals surface area contributed by atoms with Crippen LogP contribution in [0.3, 0.4) is 0 Å². The number of halogens is 5. The van der Waals surface area contributed by atoms with Gasteiger partial charge in [0.25, 0.3) is 0 Å². The summed E-state index contributed by atoms with van der Waals surface area (Å²) in [5, 5.41) is 13.6. The molecule has 0 bridgehead atoms. The van der Waals surface area contributed by atoms with E-state index < -0.39 is 23.3 Å². The van der Waals surface area contributed by atoms with Gasteiger partial charge in [0.15, 0.2) is 12.4 Å². The highest BCUT2D eigenvalue weighted by atomic mass is 79.9. The summed E-state index contributed by atoms with van der Waals surface area (Å²) < 4.78 is 44.1. The van der Waals surface area contributed by atoms with E-state index in [1.807, 2.05) is 0 Å². The predicted molar refractivity (Wildman–Crippen MR) is 113 cm³/mol. The Morgan fingerprint density at radius 3 is 2.07 bits per heavy atom. The number of aliphatic imine (C=N–C) groups is 1. The molecular formula is C22H15BrClF3N2O. The molecule has 0 fully saturated rings. The van der Waals surface area contributed by atoms with Crippen molar-refractivity contribution in [3.05, 3.63) is 93.7 Å². The number of rotatable bonds is 4. The topological polar surface area (TPSA) is 39.3 Å². The number of allylic oxidation sites excluding steroid dienone is 1. The van der Waals surface area contributed by atoms with E-state index in [0.29, 0.717) is 9.50 Å². The van der Waals surface area contributed by atoms with E-state index in [2.05, 4.69) is 20.9 Å². The molecule has 1 heterocycles. The van der Waals surface area contributed by atoms with Gasteiger partial charge in [0.05, 0.1) is 5.69 Å². The molecule has 3 rings (SSSR count). The number of hydrogen-bond donors (Lipinski definition) is 0. The van der Waals surface area contributed by atoms with Crippen LogP contribution in [0.5, 0.6) is 0 Å². The van der Waals surface area contributed by atoms with Crippen molar-refractivity contribution in [2.45, 2.75) is 13.1 Å². The lowest BCUT2D eigenvalue weighted by Crippen LogP contribution is -2.43. The Morgan fingerprint density at radius 1 is 0.967 bits per heavy atom. The van der Waals surface area contributed by atoms with Crippen LogP contribution in [0.2, 0.25) is 5.02 Å². The second-order valence-electron chi connectivity index (χ2n) is 6.40. The Bertz CT molecular complexity index is 1090. The molecule has 0 unspecified atom stereocenters. The first-order valence-corrected chi connectivity index (χ1v) is 9.89. The van der Waals surface area contributed by atoms with E-state index in [0.717, 1.165) is 10.1 Å². The van der Waals surface area contributed by atoms with Crippen molar-refractivity contribution in [1.29, 1.82) is 0 Å². The summed E-state index contributed by atoms with van der Waals surface area (Å²) in [6.45, 7) is 1.80. The minimum Gasteiger partial charge on any atom is -0.868 e. The molecule has 154 valence electrons. The first-order valence-electron chi connectivity index (χ1n) is 8.72. The molecule has 3 aromatic rings. The maximum Gasteiger partial charge on any atom is 0.440 e. The molecule has 0 spiro atoms. The Kier molecular flexibility index (Phi) is 6.63. The van der Waals surface area contributed by atoms with Crippen molar-refractivity contribution in [2.75, 3.05) is 0 Å². The average molecular weight is 496 g/mol. The summed E-state index contributed by atoms with van der Waals surface area (Å²) in [4.78, 5) is 3.78. The molecule has 0 aliphatic heterocycles. The van der Waals surface area contributed by atoms with Gasteiger partial charge in [0.1, 0.15) is 0 Å². The molecule has 0 aliphatic rings. The van der Waals surface area contributed by atoms with Crippen molar-refractivity contribution in [1.82, 2.24) is 0 Å². The van der Waals surface area contributed by atoms with Gasteiger partial charge in [-0.05, 0) is 60.2 Å². The minimum absolute atomic E-state index is 0.0283. The van der Waals surface area contributed by atoms with Crippen LogP contribution < -0.4 is 9.67 Å². The standard InChI is InChI=1S/C22H15BrClF3N2O/c1-14-10-12-29(13-11-14)19(20(30)15-2-4-16(23)5-3-15)21(22(25,26)27)28-18-8-6-17(24)7-9-18/h2-13H,1H3. The zero-order valence-electron chi connectivity index (χ0n) is 15.6. The Morgan fingerprint density at radius 2 is 1.53 bits per heavy atom. The van der Waals surface area contributed by atoms with E-state index in [4.69, 9.17) is 11.6 Å². The fourth-order valence-electron chi connectivity index (χ4n) is 2.63. The fraction of sp³-hybridized carbons (Fsp3) is 0.0909. The van der Waals surface area contributed by atoms with Gasteiger partial charge in [-0.1, -0.05) is 39.7 Å². The minimum atomic E-state index is -4.88. The first kappa shape index (κ1) is 22.1. The maximum absolute atomic E-state index is 14.1. The molecule has 0 amide bonds. The summed E-state index contributed by atoms with van der Waals surface area (Å²) >= 11 is 9.07. The summed E-state index contributed by atoms with van der Waals surface area (Å²) in [7, 11) is 0. The van der Waals surface area contributed by atoms with E-state index in [1.54, 1.807) is 31.2 Å². The monoisotopic (exact) mass is 494 g/mol. The summed E-state index contributed by atoms with van der Waals surface area (Å²) in [6, 6.07) is 14.9. The van der Waals surface area contributed by atoms with E-state index >= 15 is 0 Å². The highest BCUT2D eigenvalue weighted by Gasteiger charge is 2.43. The molecule has 1 aromatic heterocycles. The van der Waals surface area contributed by atoms with Crippen LogP contribution in [0.1, 0.15) is 11.1 Å². The van der Waals surface area contributed by atoms with Crippen molar-refractivity contribution in [2.24, 2.45) is 4.99 Å². The fourth-order valence-corrected chi connectivity index (χ4v) is 3.02. The quantitative estimate of drug-likeness (QED) is 0.259. The van der Waals surface area contributed by atoms with Crippen molar-refractivity contribution >= 4 is 50.4 Å². The smallest absolute Gasteiger partial charge is 0.440 e. The molecule has 30 heavy (non-hydrogen) atoms. The highest BCUT2D eigenvalue weighted by Crippen LogP contribution is 2.29. The van der Waals surface area contributed by atoms with Crippen LogP contribution in [0.15, 0.2) is 82.5 Å². The van der Waals surface area contributed by atoms with Gasteiger partial charge in [-0.25, -0.2) is 4.99 Å². The van der Waals surface area contributed by atoms with Crippen molar-refractivity contribution < 1.29 is 22.8 Å². The van der Waals surface area contributed by atoms with Gasteiger partial charge in [0, 0.05) is 21.6 Å². The van der Waals surface area contributed by atoms with Gasteiger partial charge < -0.3 is 5.11 Å². The van der Waals surface area contributed by atoms with Crippen LogP contribution in [-0.2, 0) is 0 Å². The van der Waals surface area contributed by atoms with Gasteiger partial charge in [-0.15, -0.1) is 0 Å². The third-order valence-corrected chi connectivity index (χ3v) is 4.92. The molecular weight excluding hydrogens is 481 g/mol. The Balaban J connectivity index is 2.29. The maximum atomic E-state index is 14.1. The molecule has 0 saturated carbocycles. The van der Waals surface area contributed by atoms with E-state index in [-0.39, 0.29) is 11.3 Å². The third-order valence-electron chi connectivity index (χ3n) is 4.14. The Hall–Kier alpha value is -2.64. The lowest BCUT2D eigenvalue weighted by molar-refractivity contribution is -0.578.